The Hall–Kier alpha value is -3.48. The van der Waals surface area contributed by atoms with Crippen LogP contribution >= 0.6 is 0 Å². The number of nitrogens with zero attached hydrogens (tertiary/aromatic N) is 1. The van der Waals surface area contributed by atoms with Crippen LogP contribution in [-0.2, 0) is 39.6 Å². The average Bonchev–Trinajstić information content (AvgIpc) is 3.68. The lowest BCUT2D eigenvalue weighted by molar-refractivity contribution is -0.242. The minimum atomic E-state index is -0.850. The van der Waals surface area contributed by atoms with Crippen LogP contribution in [0.4, 0.5) is 0 Å². The zero-order valence-corrected chi connectivity index (χ0v) is 26.4. The van der Waals surface area contributed by atoms with Gasteiger partial charge >= 0.3 is 5.97 Å². The number of carbonyl (C=O) groups excluding carboxylic acids is 1. The Balaban J connectivity index is 0.00000188. The van der Waals surface area contributed by atoms with Crippen molar-refractivity contribution in [2.75, 3.05) is 20.8 Å². The topological polar surface area (TPSA) is 117 Å². The van der Waals surface area contributed by atoms with Gasteiger partial charge in [-0.05, 0) is 69.7 Å². The fraction of sp³-hybridized carbons (Fsp3) is 0.515. The predicted molar refractivity (Wildman–Crippen MR) is 159 cm³/mol. The molecule has 6 rings (SSSR count). The molecule has 3 aromatic rings. The molecule has 4 heterocycles. The van der Waals surface area contributed by atoms with Gasteiger partial charge in [0.05, 0.1) is 19.8 Å². The normalized spacial score (nSPS) is 26.1. The van der Waals surface area contributed by atoms with E-state index in [0.717, 1.165) is 11.1 Å². The molecule has 0 amide bonds. The third kappa shape index (κ3) is 6.62. The van der Waals surface area contributed by atoms with E-state index in [1.54, 1.807) is 14.2 Å². The molecule has 3 aliphatic heterocycles. The Kier molecular flexibility index (Phi) is 9.33. The first kappa shape index (κ1) is 31.9. The summed E-state index contributed by atoms with van der Waals surface area (Å²) in [4.78, 5) is 13.2. The molecule has 11 nitrogen and oxygen atoms in total. The molecular weight excluding hydrogens is 570 g/mol. The van der Waals surface area contributed by atoms with Crippen molar-refractivity contribution >= 4 is 5.97 Å². The molecule has 0 aliphatic carbocycles. The third-order valence-corrected chi connectivity index (χ3v) is 7.47. The Morgan fingerprint density at radius 3 is 1.93 bits per heavy atom. The predicted octanol–water partition coefficient (Wildman–Crippen LogP) is 5.53. The van der Waals surface area contributed by atoms with E-state index in [1.807, 2.05) is 90.1 Å². The summed E-state index contributed by atoms with van der Waals surface area (Å²) in [5, 5.41) is 4.33. The van der Waals surface area contributed by atoms with Crippen LogP contribution in [0.25, 0.3) is 22.4 Å². The maximum absolute atomic E-state index is 13.2. The standard InChI is InChI=1S/C31H35NO10.C2H6/c1-30(2)38-26-22(37-29-28(27(26)39-30)40-31(3,4)41-29)16-36-23(33)15-21-24(17-7-11-19(34-5)12-8-17)25(32-42-21)18-9-13-20(35-6)14-10-18;1-2/h7-14,22,26-29H,15-16H2,1-6H3;1-2H3. The number of carbonyl (C=O) groups is 1. The van der Waals surface area contributed by atoms with E-state index in [0.29, 0.717) is 28.5 Å². The molecule has 0 N–H and O–H groups in total. The Morgan fingerprint density at radius 2 is 1.32 bits per heavy atom. The first-order chi connectivity index (χ1) is 21.1. The average molecular weight is 612 g/mol. The highest BCUT2D eigenvalue weighted by atomic mass is 16.9. The minimum absolute atomic E-state index is 0.0657. The molecule has 0 spiro atoms. The van der Waals surface area contributed by atoms with Crippen molar-refractivity contribution in [2.45, 2.75) is 90.2 Å². The number of fused-ring (bicyclic) bond motifs is 3. The number of methoxy groups -OCH3 is 2. The van der Waals surface area contributed by atoms with Gasteiger partial charge in [0.2, 0.25) is 0 Å². The number of ether oxygens (including phenoxy) is 8. The first-order valence-corrected chi connectivity index (χ1v) is 14.9. The van der Waals surface area contributed by atoms with Crippen LogP contribution in [0, 0.1) is 0 Å². The smallest absolute Gasteiger partial charge is 0.313 e. The van der Waals surface area contributed by atoms with E-state index >= 15 is 0 Å². The second kappa shape index (κ2) is 12.9. The van der Waals surface area contributed by atoms with Crippen LogP contribution in [-0.4, -0.2) is 74.2 Å². The quantitative estimate of drug-likeness (QED) is 0.299. The van der Waals surface area contributed by atoms with Gasteiger partial charge in [-0.2, -0.15) is 0 Å². The molecule has 11 heteroatoms. The van der Waals surface area contributed by atoms with Crippen molar-refractivity contribution in [2.24, 2.45) is 0 Å². The van der Waals surface area contributed by atoms with E-state index in [2.05, 4.69) is 5.16 Å². The van der Waals surface area contributed by atoms with Gasteiger partial charge in [0.15, 0.2) is 23.6 Å². The molecule has 3 aliphatic rings. The van der Waals surface area contributed by atoms with Crippen LogP contribution < -0.4 is 9.47 Å². The number of rotatable bonds is 8. The molecule has 3 saturated heterocycles. The summed E-state index contributed by atoms with van der Waals surface area (Å²) < 4.78 is 52.5. The summed E-state index contributed by atoms with van der Waals surface area (Å²) in [5.41, 5.74) is 2.90. The van der Waals surface area contributed by atoms with E-state index in [1.165, 1.54) is 0 Å². The van der Waals surface area contributed by atoms with Crippen molar-refractivity contribution in [1.29, 1.82) is 0 Å². The van der Waals surface area contributed by atoms with Gasteiger partial charge in [-0.1, -0.05) is 31.1 Å². The van der Waals surface area contributed by atoms with Gasteiger partial charge in [0, 0.05) is 5.56 Å². The van der Waals surface area contributed by atoms with Crippen LogP contribution in [0.5, 0.6) is 11.5 Å². The van der Waals surface area contributed by atoms with Gasteiger partial charge in [0.1, 0.15) is 54.6 Å². The number of benzene rings is 2. The number of hydrogen-bond donors (Lipinski definition) is 0. The van der Waals surface area contributed by atoms with Gasteiger partial charge in [0.25, 0.3) is 0 Å². The van der Waals surface area contributed by atoms with Crippen molar-refractivity contribution in [1.82, 2.24) is 5.16 Å². The molecule has 5 atom stereocenters. The highest BCUT2D eigenvalue weighted by molar-refractivity contribution is 5.85. The highest BCUT2D eigenvalue weighted by Gasteiger charge is 2.60. The molecule has 3 fully saturated rings. The molecule has 5 unspecified atom stereocenters. The van der Waals surface area contributed by atoms with Gasteiger partial charge < -0.3 is 42.4 Å². The monoisotopic (exact) mass is 611 g/mol. The Morgan fingerprint density at radius 1 is 0.773 bits per heavy atom. The van der Waals surface area contributed by atoms with Crippen molar-refractivity contribution in [3.05, 3.63) is 54.3 Å². The molecular formula is C33H41NO10. The van der Waals surface area contributed by atoms with Gasteiger partial charge in [-0.25, -0.2) is 0 Å². The maximum Gasteiger partial charge on any atom is 0.313 e. The van der Waals surface area contributed by atoms with E-state index < -0.39 is 48.2 Å². The van der Waals surface area contributed by atoms with Crippen molar-refractivity contribution < 1.29 is 47.2 Å². The van der Waals surface area contributed by atoms with Gasteiger partial charge in [-0.3, -0.25) is 4.79 Å². The minimum Gasteiger partial charge on any atom is -0.497 e. The fourth-order valence-corrected chi connectivity index (χ4v) is 5.63. The summed E-state index contributed by atoms with van der Waals surface area (Å²) in [5.74, 6) is -0.407. The van der Waals surface area contributed by atoms with Crippen LogP contribution in [0.3, 0.4) is 0 Å². The lowest BCUT2D eigenvalue weighted by Crippen LogP contribution is -2.56. The zero-order valence-electron chi connectivity index (χ0n) is 26.4. The Bertz CT molecular complexity index is 1420. The Labute approximate surface area is 257 Å². The van der Waals surface area contributed by atoms with Crippen LogP contribution in [0.1, 0.15) is 47.3 Å². The van der Waals surface area contributed by atoms with Crippen molar-refractivity contribution in [3.8, 4) is 33.9 Å². The molecule has 0 saturated carbocycles. The molecule has 0 bridgehead atoms. The molecule has 2 aromatic carbocycles. The highest BCUT2D eigenvalue weighted by Crippen LogP contribution is 2.44. The van der Waals surface area contributed by atoms with Crippen LogP contribution in [0.15, 0.2) is 53.1 Å². The summed E-state index contributed by atoms with van der Waals surface area (Å²) in [6.45, 7) is 11.2. The first-order valence-electron chi connectivity index (χ1n) is 14.9. The summed E-state index contributed by atoms with van der Waals surface area (Å²) in [6, 6.07) is 14.9. The van der Waals surface area contributed by atoms with E-state index in [9.17, 15) is 4.79 Å². The summed E-state index contributed by atoms with van der Waals surface area (Å²) in [6.07, 6.45) is -2.85. The molecule has 44 heavy (non-hydrogen) atoms. The molecule has 238 valence electrons. The lowest BCUT2D eigenvalue weighted by Gasteiger charge is -2.36. The van der Waals surface area contributed by atoms with Crippen LogP contribution in [0.2, 0.25) is 0 Å². The zero-order chi connectivity index (χ0) is 31.6. The summed E-state index contributed by atoms with van der Waals surface area (Å²) in [7, 11) is 3.21. The second-order valence-corrected chi connectivity index (χ2v) is 11.4. The second-order valence-electron chi connectivity index (χ2n) is 11.4. The SMILES string of the molecule is CC.COc1ccc(-c2noc(CC(=O)OCC3OC4OC(C)(C)OC4C4OC(C)(C)OC34)c2-c2ccc(OC)cc2)cc1. The summed E-state index contributed by atoms with van der Waals surface area (Å²) >= 11 is 0. The van der Waals surface area contributed by atoms with Gasteiger partial charge in [-0.15, -0.1) is 0 Å². The van der Waals surface area contributed by atoms with E-state index in [-0.39, 0.29) is 13.0 Å². The number of aromatic nitrogens is 1. The molecule has 0 radical (unpaired) electrons. The van der Waals surface area contributed by atoms with E-state index in [4.69, 9.17) is 42.4 Å². The third-order valence-electron chi connectivity index (χ3n) is 7.47. The maximum atomic E-state index is 13.2. The number of hydrogen-bond acceptors (Lipinski definition) is 11. The molecule has 1 aromatic heterocycles. The lowest BCUT2D eigenvalue weighted by atomic mass is 9.98. The van der Waals surface area contributed by atoms with Crippen molar-refractivity contribution in [3.63, 3.8) is 0 Å². The largest absolute Gasteiger partial charge is 0.497 e. The number of esters is 1. The fourth-order valence-electron chi connectivity index (χ4n) is 5.63.